The van der Waals surface area contributed by atoms with Crippen LogP contribution >= 0.6 is 0 Å². The van der Waals surface area contributed by atoms with Gasteiger partial charge in [-0.15, -0.1) is 0 Å². The van der Waals surface area contributed by atoms with Crippen LogP contribution in [0, 0.1) is 0 Å². The Morgan fingerprint density at radius 1 is 1.00 bits per heavy atom. The van der Waals surface area contributed by atoms with Crippen molar-refractivity contribution in [2.75, 3.05) is 51.3 Å². The smallest absolute Gasteiger partial charge is 0.213 e. The van der Waals surface area contributed by atoms with Crippen molar-refractivity contribution in [3.63, 3.8) is 0 Å². The van der Waals surface area contributed by atoms with Crippen molar-refractivity contribution < 1.29 is 9.47 Å². The molecule has 2 aromatic heterocycles. The molecule has 1 fully saturated rings. The number of anilines is 1. The first kappa shape index (κ1) is 24.5. The summed E-state index contributed by atoms with van der Waals surface area (Å²) in [6, 6.07) is 19.0. The van der Waals surface area contributed by atoms with Gasteiger partial charge in [-0.1, -0.05) is 30.3 Å². The van der Waals surface area contributed by atoms with Gasteiger partial charge in [-0.3, -0.25) is 0 Å². The third kappa shape index (κ3) is 5.61. The first-order chi connectivity index (χ1) is 17.7. The second-order valence-corrected chi connectivity index (χ2v) is 9.24. The van der Waals surface area contributed by atoms with Gasteiger partial charge in [0, 0.05) is 50.3 Å². The van der Waals surface area contributed by atoms with Crippen molar-refractivity contribution in [1.29, 1.82) is 0 Å². The second kappa shape index (κ2) is 11.7. The molecule has 3 heterocycles. The van der Waals surface area contributed by atoms with Gasteiger partial charge >= 0.3 is 0 Å². The minimum Gasteiger partial charge on any atom is -0.475 e. The normalized spacial score (nSPS) is 15.1. The van der Waals surface area contributed by atoms with Crippen molar-refractivity contribution in [2.24, 2.45) is 5.73 Å². The fraction of sp³-hybridized carbons (Fsp3) is 0.429. The van der Waals surface area contributed by atoms with Gasteiger partial charge in [0.2, 0.25) is 11.8 Å². The monoisotopic (exact) mass is 488 g/mol. The van der Waals surface area contributed by atoms with E-state index in [1.165, 1.54) is 0 Å². The molecule has 0 unspecified atom stereocenters. The van der Waals surface area contributed by atoms with Gasteiger partial charge in [0.1, 0.15) is 6.61 Å². The van der Waals surface area contributed by atoms with Crippen molar-refractivity contribution in [2.45, 2.75) is 32.4 Å². The summed E-state index contributed by atoms with van der Waals surface area (Å²) in [6.07, 6.45) is 2.17. The third-order valence-corrected chi connectivity index (χ3v) is 6.81. The van der Waals surface area contributed by atoms with Crippen molar-refractivity contribution in [3.05, 3.63) is 60.2 Å². The van der Waals surface area contributed by atoms with E-state index in [2.05, 4.69) is 57.2 Å². The Bertz CT molecular complexity index is 1280. The van der Waals surface area contributed by atoms with Gasteiger partial charge in [0.15, 0.2) is 0 Å². The van der Waals surface area contributed by atoms with Crippen molar-refractivity contribution in [1.82, 2.24) is 19.4 Å². The Kier molecular flexibility index (Phi) is 7.95. The van der Waals surface area contributed by atoms with E-state index in [1.54, 1.807) is 0 Å². The van der Waals surface area contributed by atoms with E-state index in [1.807, 2.05) is 19.1 Å². The molecule has 8 heteroatoms. The molecule has 1 saturated heterocycles. The van der Waals surface area contributed by atoms with Crippen molar-refractivity contribution in [3.8, 4) is 5.88 Å². The highest BCUT2D eigenvalue weighted by Crippen LogP contribution is 2.27. The first-order valence-corrected chi connectivity index (χ1v) is 13.0. The van der Waals surface area contributed by atoms with E-state index in [9.17, 15) is 0 Å². The van der Waals surface area contributed by atoms with E-state index >= 15 is 0 Å². The molecule has 0 atom stereocenters. The Labute approximate surface area is 212 Å². The molecule has 2 aromatic carbocycles. The second-order valence-electron chi connectivity index (χ2n) is 9.24. The fourth-order valence-corrected chi connectivity index (χ4v) is 4.93. The van der Waals surface area contributed by atoms with Crippen LogP contribution in [0.4, 0.5) is 5.95 Å². The zero-order valence-corrected chi connectivity index (χ0v) is 21.0. The number of piperidine rings is 1. The Morgan fingerprint density at radius 2 is 1.86 bits per heavy atom. The zero-order chi connectivity index (χ0) is 24.7. The summed E-state index contributed by atoms with van der Waals surface area (Å²) in [4.78, 5) is 12.3. The third-order valence-electron chi connectivity index (χ3n) is 6.81. The summed E-state index contributed by atoms with van der Waals surface area (Å²) in [7, 11) is 0. The van der Waals surface area contributed by atoms with Gasteiger partial charge in [0.05, 0.1) is 29.7 Å². The molecule has 0 bridgehead atoms. The quantitative estimate of drug-likeness (QED) is 0.310. The van der Waals surface area contributed by atoms with Crippen LogP contribution in [0.15, 0.2) is 54.6 Å². The molecular weight excluding hydrogens is 452 g/mol. The van der Waals surface area contributed by atoms with Gasteiger partial charge in [-0.05, 0) is 43.5 Å². The fourth-order valence-electron chi connectivity index (χ4n) is 4.93. The molecule has 0 saturated carbocycles. The highest BCUT2D eigenvalue weighted by atomic mass is 16.5. The standard InChI is InChI=1S/C28H36N6O2/c1-2-35-18-19-36-26-11-10-21-6-5-7-22(27(21)32-26)20-34-25-9-4-3-8-24(25)31-28(34)30-23-12-15-33(16-13-23)17-14-29/h3-11,23H,2,12-20,29H2,1H3,(H,30,31). The minimum absolute atomic E-state index is 0.394. The number of para-hydroxylation sites is 3. The number of nitrogens with zero attached hydrogens (tertiary/aromatic N) is 4. The number of ether oxygens (including phenoxy) is 2. The lowest BCUT2D eigenvalue weighted by Crippen LogP contribution is -2.41. The van der Waals surface area contributed by atoms with Gasteiger partial charge in [0.25, 0.3) is 0 Å². The number of likely N-dealkylation sites (tertiary alicyclic amines) is 1. The van der Waals surface area contributed by atoms with E-state index in [4.69, 9.17) is 25.2 Å². The van der Waals surface area contributed by atoms with Crippen LogP contribution in [0.5, 0.6) is 5.88 Å². The predicted molar refractivity (Wildman–Crippen MR) is 145 cm³/mol. The number of aromatic nitrogens is 3. The molecule has 0 aliphatic carbocycles. The highest BCUT2D eigenvalue weighted by Gasteiger charge is 2.21. The number of nitrogens with one attached hydrogen (secondary N) is 1. The summed E-state index contributed by atoms with van der Waals surface area (Å²) in [5.74, 6) is 1.53. The Balaban J connectivity index is 1.41. The highest BCUT2D eigenvalue weighted by molar-refractivity contribution is 5.83. The number of fused-ring (bicyclic) bond motifs is 2. The van der Waals surface area contributed by atoms with E-state index in [0.29, 0.717) is 44.8 Å². The summed E-state index contributed by atoms with van der Waals surface area (Å²) >= 11 is 0. The van der Waals surface area contributed by atoms with Gasteiger partial charge in [-0.25, -0.2) is 9.97 Å². The maximum absolute atomic E-state index is 5.85. The largest absolute Gasteiger partial charge is 0.475 e. The number of hydrogen-bond donors (Lipinski definition) is 2. The average Bonchev–Trinajstić information content (AvgIpc) is 3.25. The van der Waals surface area contributed by atoms with Crippen LogP contribution in [0.3, 0.4) is 0 Å². The molecule has 36 heavy (non-hydrogen) atoms. The number of imidazole rings is 1. The van der Waals surface area contributed by atoms with Crippen LogP contribution in [-0.2, 0) is 11.3 Å². The Morgan fingerprint density at radius 3 is 2.69 bits per heavy atom. The molecule has 190 valence electrons. The van der Waals surface area contributed by atoms with Crippen LogP contribution in [0.2, 0.25) is 0 Å². The summed E-state index contributed by atoms with van der Waals surface area (Å²) in [5.41, 5.74) is 9.94. The molecule has 1 aliphatic rings. The van der Waals surface area contributed by atoms with E-state index < -0.39 is 0 Å². The average molecular weight is 489 g/mol. The lowest BCUT2D eigenvalue weighted by molar-refractivity contribution is 0.108. The molecule has 4 aromatic rings. The summed E-state index contributed by atoms with van der Waals surface area (Å²) in [6.45, 7) is 8.18. The molecular formula is C28H36N6O2. The van der Waals surface area contributed by atoms with Crippen LogP contribution in [-0.4, -0.2) is 71.5 Å². The number of rotatable bonds is 11. The van der Waals surface area contributed by atoms with Gasteiger partial charge in [-0.2, -0.15) is 0 Å². The van der Waals surface area contributed by atoms with Crippen LogP contribution < -0.4 is 15.8 Å². The summed E-state index contributed by atoms with van der Waals surface area (Å²) in [5, 5.41) is 4.85. The van der Waals surface area contributed by atoms with E-state index in [-0.39, 0.29) is 0 Å². The maximum Gasteiger partial charge on any atom is 0.213 e. The van der Waals surface area contributed by atoms with E-state index in [0.717, 1.165) is 65.9 Å². The number of benzene rings is 2. The van der Waals surface area contributed by atoms with Gasteiger partial charge < -0.3 is 30.0 Å². The molecule has 8 nitrogen and oxygen atoms in total. The maximum atomic E-state index is 5.85. The molecule has 0 spiro atoms. The topological polar surface area (TPSA) is 90.5 Å². The minimum atomic E-state index is 0.394. The molecule has 0 amide bonds. The Hall–Kier alpha value is -3.20. The van der Waals surface area contributed by atoms with Crippen LogP contribution in [0.25, 0.3) is 21.9 Å². The lowest BCUT2D eigenvalue weighted by atomic mass is 10.1. The molecule has 1 aliphatic heterocycles. The number of nitrogens with two attached hydrogens (primary N) is 1. The zero-order valence-electron chi connectivity index (χ0n) is 21.0. The number of pyridine rings is 1. The molecule has 3 N–H and O–H groups in total. The van der Waals surface area contributed by atoms with Crippen molar-refractivity contribution >= 4 is 27.9 Å². The number of hydrogen-bond acceptors (Lipinski definition) is 7. The SMILES string of the molecule is CCOCCOc1ccc2cccc(Cn3c(NC4CCN(CCN)CC4)nc4ccccc43)c2n1. The lowest BCUT2D eigenvalue weighted by Gasteiger charge is -2.32. The van der Waals surface area contributed by atoms with Crippen LogP contribution in [0.1, 0.15) is 25.3 Å². The first-order valence-electron chi connectivity index (χ1n) is 13.0. The molecule has 0 radical (unpaired) electrons. The predicted octanol–water partition coefficient (Wildman–Crippen LogP) is 3.88. The summed E-state index contributed by atoms with van der Waals surface area (Å²) < 4.78 is 13.5. The molecule has 5 rings (SSSR count).